The highest BCUT2D eigenvalue weighted by Gasteiger charge is 2.28. The van der Waals surface area contributed by atoms with E-state index in [9.17, 15) is 18.5 Å². The number of aromatic nitrogens is 4. The first-order chi connectivity index (χ1) is 9.95. The van der Waals surface area contributed by atoms with Crippen LogP contribution in [0.25, 0.3) is 0 Å². The van der Waals surface area contributed by atoms with Gasteiger partial charge in [0.05, 0.1) is 11.5 Å². The molecule has 0 bridgehead atoms. The molecule has 2 rings (SSSR count). The number of rotatable bonds is 6. The first-order valence-corrected chi connectivity index (χ1v) is 6.90. The van der Waals surface area contributed by atoms with Crippen molar-refractivity contribution < 1.29 is 13.3 Å². The van der Waals surface area contributed by atoms with E-state index in [0.29, 0.717) is 0 Å². The zero-order chi connectivity index (χ0) is 15.5. The first-order valence-electron chi connectivity index (χ1n) is 5.41. The summed E-state index contributed by atoms with van der Waals surface area (Å²) in [5.74, 6) is 5.24. The molecule has 0 spiro atoms. The molecule has 0 fully saturated rings. The predicted octanol–water partition coefficient (Wildman–Crippen LogP) is -1.13. The fraction of sp³-hybridized carbons (Fsp3) is 0.125. The van der Waals surface area contributed by atoms with Crippen molar-refractivity contribution in [3.63, 3.8) is 0 Å². The first kappa shape index (κ1) is 14.8. The molecule has 0 aliphatic carbocycles. The third kappa shape index (κ3) is 3.10. The average molecular weight is 314 g/mol. The van der Waals surface area contributed by atoms with Gasteiger partial charge in [0.1, 0.15) is 5.69 Å². The van der Waals surface area contributed by atoms with Crippen molar-refractivity contribution in [3.8, 4) is 0 Å². The third-order valence-electron chi connectivity index (χ3n) is 2.44. The topological polar surface area (TPSA) is 182 Å². The lowest BCUT2D eigenvalue weighted by Crippen LogP contribution is -2.25. The van der Waals surface area contributed by atoms with Crippen molar-refractivity contribution in [1.82, 2.24) is 25.3 Å². The monoisotopic (exact) mass is 314 g/mol. The highest BCUT2D eigenvalue weighted by atomic mass is 32.2. The van der Waals surface area contributed by atoms with Crippen molar-refractivity contribution in [3.05, 3.63) is 34.1 Å². The Balaban J connectivity index is 2.37. The minimum absolute atomic E-state index is 0.0920. The smallest absolute Gasteiger partial charge is 0.313 e. The van der Waals surface area contributed by atoms with E-state index in [-0.39, 0.29) is 18.1 Å². The largest absolute Gasteiger partial charge is 0.318 e. The summed E-state index contributed by atoms with van der Waals surface area (Å²) in [6.07, 6.45) is 0. The van der Waals surface area contributed by atoms with Gasteiger partial charge in [-0.15, -0.1) is 10.2 Å². The molecule has 5 N–H and O–H groups in total. The number of nitrogens with one attached hydrogen (secondary N) is 3. The second-order valence-corrected chi connectivity index (χ2v) is 5.44. The molecule has 0 aliphatic rings. The molecule has 0 atom stereocenters. The minimum Gasteiger partial charge on any atom is -0.318 e. The summed E-state index contributed by atoms with van der Waals surface area (Å²) in [5.41, 5.74) is 1.31. The molecule has 1 aromatic carbocycles. The Morgan fingerprint density at radius 2 is 2.19 bits per heavy atom. The maximum Gasteiger partial charge on any atom is 0.313 e. The molecule has 0 saturated heterocycles. The van der Waals surface area contributed by atoms with Gasteiger partial charge < -0.3 is 5.43 Å². The van der Waals surface area contributed by atoms with Crippen LogP contribution in [-0.2, 0) is 16.6 Å². The summed E-state index contributed by atoms with van der Waals surface area (Å²) in [4.78, 5) is 9.70. The lowest BCUT2D eigenvalue weighted by molar-refractivity contribution is -0.386. The van der Waals surface area contributed by atoms with E-state index in [1.165, 1.54) is 12.1 Å². The van der Waals surface area contributed by atoms with E-state index < -0.39 is 25.5 Å². The number of hydrogen-bond acceptors (Lipinski definition) is 9. The summed E-state index contributed by atoms with van der Waals surface area (Å²) in [6.45, 7) is -0.268. The summed E-state index contributed by atoms with van der Waals surface area (Å²) >= 11 is 0. The maximum atomic E-state index is 12.2. The number of aromatic amines is 1. The van der Waals surface area contributed by atoms with E-state index >= 15 is 0 Å². The highest BCUT2D eigenvalue weighted by Crippen LogP contribution is 2.31. The van der Waals surface area contributed by atoms with E-state index in [2.05, 4.69) is 30.8 Å². The van der Waals surface area contributed by atoms with Gasteiger partial charge in [-0.2, -0.15) is 5.21 Å². The van der Waals surface area contributed by atoms with Crippen LogP contribution >= 0.6 is 0 Å². The van der Waals surface area contributed by atoms with Crippen LogP contribution in [0.15, 0.2) is 23.1 Å². The number of nitro groups is 1. The normalized spacial score (nSPS) is 11.3. The zero-order valence-corrected chi connectivity index (χ0v) is 11.2. The number of nitrogens with two attached hydrogens (primary N) is 1. The molecule has 112 valence electrons. The number of benzene rings is 1. The summed E-state index contributed by atoms with van der Waals surface area (Å²) in [5, 5.41) is 23.6. The van der Waals surface area contributed by atoms with Crippen LogP contribution < -0.4 is 16.0 Å². The number of hydrazine groups is 1. The zero-order valence-electron chi connectivity index (χ0n) is 10.3. The van der Waals surface area contributed by atoms with Crippen molar-refractivity contribution in [2.75, 3.05) is 5.43 Å². The van der Waals surface area contributed by atoms with Crippen LogP contribution in [0, 0.1) is 10.1 Å². The SMILES string of the molecule is NNc1cccc(S(=O)(=O)NCc2nn[nH]n2)c1[N+](=O)[O-]. The Morgan fingerprint density at radius 1 is 1.43 bits per heavy atom. The quantitative estimate of drug-likeness (QED) is 0.291. The van der Waals surface area contributed by atoms with Crippen molar-refractivity contribution in [2.24, 2.45) is 5.84 Å². The van der Waals surface area contributed by atoms with Gasteiger partial charge in [0, 0.05) is 0 Å². The van der Waals surface area contributed by atoms with Crippen LogP contribution in [0.3, 0.4) is 0 Å². The third-order valence-corrected chi connectivity index (χ3v) is 3.87. The van der Waals surface area contributed by atoms with Gasteiger partial charge in [0.15, 0.2) is 10.7 Å². The van der Waals surface area contributed by atoms with Crippen LogP contribution in [0.4, 0.5) is 11.4 Å². The number of tetrazole rings is 1. The summed E-state index contributed by atoms with van der Waals surface area (Å²) < 4.78 is 26.4. The Hall–Kier alpha value is -2.64. The van der Waals surface area contributed by atoms with Crippen molar-refractivity contribution >= 4 is 21.4 Å². The van der Waals surface area contributed by atoms with Crippen LogP contribution in [0.5, 0.6) is 0 Å². The second kappa shape index (κ2) is 5.78. The van der Waals surface area contributed by atoms with E-state index in [4.69, 9.17) is 5.84 Å². The van der Waals surface area contributed by atoms with E-state index in [0.717, 1.165) is 6.07 Å². The molecule has 1 heterocycles. The molecule has 1 aromatic heterocycles. The molecule has 13 heteroatoms. The van der Waals surface area contributed by atoms with Gasteiger partial charge in [-0.05, 0) is 12.1 Å². The molecule has 0 unspecified atom stereocenters. The molecular weight excluding hydrogens is 304 g/mol. The number of nitrogens with zero attached hydrogens (tertiary/aromatic N) is 4. The lowest BCUT2D eigenvalue weighted by Gasteiger charge is -2.08. The minimum atomic E-state index is -4.15. The van der Waals surface area contributed by atoms with Gasteiger partial charge >= 0.3 is 5.69 Å². The van der Waals surface area contributed by atoms with Crippen LogP contribution in [-0.4, -0.2) is 34.0 Å². The van der Waals surface area contributed by atoms with Crippen LogP contribution in [0.2, 0.25) is 0 Å². The summed E-state index contributed by atoms with van der Waals surface area (Å²) in [6, 6.07) is 3.71. The lowest BCUT2D eigenvalue weighted by atomic mass is 10.3. The molecule has 0 radical (unpaired) electrons. The Bertz CT molecular complexity index is 744. The average Bonchev–Trinajstić information content (AvgIpc) is 2.97. The van der Waals surface area contributed by atoms with Crippen molar-refractivity contribution in [2.45, 2.75) is 11.4 Å². The molecule has 0 aliphatic heterocycles. The Labute approximate surface area is 117 Å². The number of hydrogen-bond donors (Lipinski definition) is 4. The summed E-state index contributed by atoms with van der Waals surface area (Å²) in [7, 11) is -4.15. The maximum absolute atomic E-state index is 12.2. The number of anilines is 1. The number of sulfonamides is 1. The molecule has 2 aromatic rings. The Morgan fingerprint density at radius 3 is 2.76 bits per heavy atom. The highest BCUT2D eigenvalue weighted by molar-refractivity contribution is 7.89. The fourth-order valence-electron chi connectivity index (χ4n) is 1.54. The number of nitrogen functional groups attached to an aromatic ring is 1. The molecule has 0 saturated carbocycles. The van der Waals surface area contributed by atoms with Gasteiger partial charge in [-0.25, -0.2) is 13.1 Å². The number of para-hydroxylation sites is 1. The molecule has 21 heavy (non-hydrogen) atoms. The van der Waals surface area contributed by atoms with Crippen LogP contribution in [0.1, 0.15) is 5.82 Å². The Kier molecular flexibility index (Phi) is 4.06. The number of H-pyrrole nitrogens is 1. The fourth-order valence-corrected chi connectivity index (χ4v) is 2.71. The standard InChI is InChI=1S/C8H10N8O4S/c9-11-5-2-1-3-6(8(5)16(17)18)21(19,20)10-4-7-12-14-15-13-7/h1-3,10-11H,4,9H2,(H,12,13,14,15). The van der Waals surface area contributed by atoms with Gasteiger partial charge in [-0.3, -0.25) is 16.0 Å². The van der Waals surface area contributed by atoms with Gasteiger partial charge in [0.25, 0.3) is 0 Å². The van der Waals surface area contributed by atoms with Gasteiger partial charge in [-0.1, -0.05) is 11.3 Å². The van der Waals surface area contributed by atoms with Crippen molar-refractivity contribution in [1.29, 1.82) is 0 Å². The second-order valence-electron chi connectivity index (χ2n) is 3.71. The predicted molar refractivity (Wildman–Crippen MR) is 69.1 cm³/mol. The molecular formula is C8H10N8O4S. The molecule has 0 amide bonds. The van der Waals surface area contributed by atoms with E-state index in [1.807, 2.05) is 0 Å². The van der Waals surface area contributed by atoms with E-state index in [1.54, 1.807) is 0 Å². The number of nitro benzene ring substituents is 1. The molecule has 12 nitrogen and oxygen atoms in total. The van der Waals surface area contributed by atoms with Gasteiger partial charge in [0.2, 0.25) is 10.0 Å².